The van der Waals surface area contributed by atoms with Crippen molar-refractivity contribution in [1.82, 2.24) is 0 Å². The Balaban J connectivity index is 1.78. The van der Waals surface area contributed by atoms with Crippen molar-refractivity contribution in [2.24, 2.45) is 10.9 Å². The van der Waals surface area contributed by atoms with Crippen LogP contribution in [-0.2, 0) is 0 Å². The molecule has 5 heteroatoms. The Morgan fingerprint density at radius 2 is 2.16 bits per heavy atom. The Morgan fingerprint density at radius 1 is 1.32 bits per heavy atom. The molecule has 1 aromatic rings. The third kappa shape index (κ3) is 2.97. The van der Waals surface area contributed by atoms with Gasteiger partial charge in [0, 0.05) is 10.2 Å². The highest BCUT2D eigenvalue weighted by Gasteiger charge is 2.29. The van der Waals surface area contributed by atoms with Gasteiger partial charge in [-0.25, -0.2) is 4.39 Å². The number of anilines is 1. The minimum Gasteiger partial charge on any atom is -0.332 e. The molecule has 1 fully saturated rings. The second-order valence-corrected chi connectivity index (χ2v) is 6.94. The zero-order valence-corrected chi connectivity index (χ0v) is 12.9. The Hall–Kier alpha value is -0.550. The van der Waals surface area contributed by atoms with Gasteiger partial charge in [-0.05, 0) is 46.8 Å². The van der Waals surface area contributed by atoms with E-state index in [4.69, 9.17) is 4.99 Å². The summed E-state index contributed by atoms with van der Waals surface area (Å²) >= 11 is 5.09. The molecule has 2 aliphatic rings. The average Bonchev–Trinajstić information content (AvgIpc) is 2.43. The summed E-state index contributed by atoms with van der Waals surface area (Å²) < 4.78 is 14.5. The van der Waals surface area contributed by atoms with Gasteiger partial charge in [0.2, 0.25) is 0 Å². The van der Waals surface area contributed by atoms with E-state index in [1.165, 1.54) is 31.7 Å². The van der Waals surface area contributed by atoms with Gasteiger partial charge >= 0.3 is 0 Å². The molecule has 1 heterocycles. The van der Waals surface area contributed by atoms with Crippen molar-refractivity contribution >= 4 is 38.5 Å². The zero-order valence-electron chi connectivity index (χ0n) is 10.5. The van der Waals surface area contributed by atoms with Crippen LogP contribution in [0.4, 0.5) is 10.1 Å². The molecule has 1 saturated carbocycles. The Labute approximate surface area is 125 Å². The summed E-state index contributed by atoms with van der Waals surface area (Å²) in [5.41, 5.74) is 0.489. The lowest BCUT2D eigenvalue weighted by molar-refractivity contribution is 0.336. The van der Waals surface area contributed by atoms with Gasteiger partial charge < -0.3 is 5.32 Å². The van der Waals surface area contributed by atoms with Crippen LogP contribution in [0.3, 0.4) is 0 Å². The molecule has 3 rings (SSSR count). The monoisotopic (exact) mass is 342 g/mol. The van der Waals surface area contributed by atoms with Crippen molar-refractivity contribution in [2.75, 3.05) is 11.1 Å². The third-order valence-electron chi connectivity index (χ3n) is 3.78. The second-order valence-electron chi connectivity index (χ2n) is 5.08. The van der Waals surface area contributed by atoms with Crippen molar-refractivity contribution in [3.63, 3.8) is 0 Å². The number of hydrogen-bond donors (Lipinski definition) is 1. The molecule has 0 aromatic heterocycles. The summed E-state index contributed by atoms with van der Waals surface area (Å²) in [6.07, 6.45) is 5.07. The van der Waals surface area contributed by atoms with Gasteiger partial charge in [-0.3, -0.25) is 4.99 Å². The first-order valence-corrected chi connectivity index (χ1v) is 8.43. The third-order valence-corrected chi connectivity index (χ3v) is 5.52. The molecule has 0 radical (unpaired) electrons. The number of hydrogen-bond acceptors (Lipinski definition) is 3. The number of benzene rings is 1. The van der Waals surface area contributed by atoms with Crippen molar-refractivity contribution in [3.8, 4) is 0 Å². The van der Waals surface area contributed by atoms with Crippen LogP contribution in [0, 0.1) is 11.7 Å². The van der Waals surface area contributed by atoms with Gasteiger partial charge in [-0.1, -0.05) is 30.7 Å². The first-order valence-electron chi connectivity index (χ1n) is 6.65. The van der Waals surface area contributed by atoms with E-state index in [0.717, 1.165) is 15.4 Å². The summed E-state index contributed by atoms with van der Waals surface area (Å²) in [7, 11) is 0. The van der Waals surface area contributed by atoms with Gasteiger partial charge in [0.15, 0.2) is 5.17 Å². The number of nitrogens with one attached hydrogen (secondary N) is 1. The maximum atomic E-state index is 13.8. The molecule has 2 unspecified atom stereocenters. The quantitative estimate of drug-likeness (QED) is 0.802. The molecule has 1 aliphatic carbocycles. The van der Waals surface area contributed by atoms with Crippen LogP contribution in [0.15, 0.2) is 27.7 Å². The van der Waals surface area contributed by atoms with Gasteiger partial charge in [0.05, 0.1) is 11.7 Å². The highest BCUT2D eigenvalue weighted by atomic mass is 79.9. The molecular weight excluding hydrogens is 327 g/mol. The molecule has 19 heavy (non-hydrogen) atoms. The summed E-state index contributed by atoms with van der Waals surface area (Å²) in [5, 5.41) is 4.00. The molecule has 2 atom stereocenters. The molecule has 2 nitrogen and oxygen atoms in total. The van der Waals surface area contributed by atoms with E-state index in [0.29, 0.717) is 17.6 Å². The number of para-hydroxylation sites is 1. The molecule has 0 bridgehead atoms. The summed E-state index contributed by atoms with van der Waals surface area (Å²) in [6, 6.07) is 5.42. The first kappa shape index (κ1) is 13.4. The number of halogens is 2. The Kier molecular flexibility index (Phi) is 4.12. The average molecular weight is 343 g/mol. The van der Waals surface area contributed by atoms with Crippen LogP contribution in [-0.4, -0.2) is 17.0 Å². The minimum absolute atomic E-state index is 0.247. The number of aliphatic imine (C=N–C) groups is 1. The zero-order chi connectivity index (χ0) is 13.2. The number of amidine groups is 1. The maximum Gasteiger partial charge on any atom is 0.161 e. The second kappa shape index (κ2) is 5.83. The fourth-order valence-electron chi connectivity index (χ4n) is 2.72. The van der Waals surface area contributed by atoms with E-state index in [2.05, 4.69) is 21.2 Å². The number of nitrogens with zero attached hydrogens (tertiary/aromatic N) is 1. The van der Waals surface area contributed by atoms with Crippen molar-refractivity contribution in [1.29, 1.82) is 0 Å². The van der Waals surface area contributed by atoms with Crippen LogP contribution in [0.5, 0.6) is 0 Å². The number of thioether (sulfide) groups is 1. The SMILES string of the molecule is Fc1cccc(Br)c1NC1=NC2CCCCC2CS1. The lowest BCUT2D eigenvalue weighted by Gasteiger charge is -2.32. The van der Waals surface area contributed by atoms with Crippen molar-refractivity contribution in [2.45, 2.75) is 31.7 Å². The fraction of sp³-hybridized carbons (Fsp3) is 0.500. The van der Waals surface area contributed by atoms with Crippen LogP contribution >= 0.6 is 27.7 Å². The Morgan fingerprint density at radius 3 is 3.00 bits per heavy atom. The van der Waals surface area contributed by atoms with Crippen LogP contribution < -0.4 is 5.32 Å². The summed E-state index contributed by atoms with van der Waals surface area (Å²) in [4.78, 5) is 4.76. The molecule has 102 valence electrons. The summed E-state index contributed by atoms with van der Waals surface area (Å²) in [6.45, 7) is 0. The Bertz CT molecular complexity index is 486. The molecule has 1 N–H and O–H groups in total. The van der Waals surface area contributed by atoms with Gasteiger partial charge in [-0.15, -0.1) is 0 Å². The van der Waals surface area contributed by atoms with E-state index in [1.807, 2.05) is 6.07 Å². The van der Waals surface area contributed by atoms with Crippen LogP contribution in [0.2, 0.25) is 0 Å². The topological polar surface area (TPSA) is 24.4 Å². The lowest BCUT2D eigenvalue weighted by atomic mass is 9.86. The van der Waals surface area contributed by atoms with E-state index < -0.39 is 0 Å². The van der Waals surface area contributed by atoms with Gasteiger partial charge in [0.25, 0.3) is 0 Å². The highest BCUT2D eigenvalue weighted by molar-refractivity contribution is 9.10. The summed E-state index contributed by atoms with van der Waals surface area (Å²) in [5.74, 6) is 1.57. The molecule has 0 spiro atoms. The van der Waals surface area contributed by atoms with Crippen LogP contribution in [0.25, 0.3) is 0 Å². The molecular formula is C14H16BrFN2S. The smallest absolute Gasteiger partial charge is 0.161 e. The van der Waals surface area contributed by atoms with E-state index >= 15 is 0 Å². The first-order chi connectivity index (χ1) is 9.24. The van der Waals surface area contributed by atoms with Crippen LogP contribution in [0.1, 0.15) is 25.7 Å². The highest BCUT2D eigenvalue weighted by Crippen LogP contribution is 2.35. The fourth-order valence-corrected chi connectivity index (χ4v) is 4.30. The molecule has 1 aliphatic heterocycles. The molecule has 0 amide bonds. The standard InChI is InChI=1S/C14H16BrFN2S/c15-10-5-3-6-11(16)13(10)18-14-17-12-7-2-1-4-9(12)8-19-14/h3,5-6,9,12H,1-2,4,7-8H2,(H,17,18). The lowest BCUT2D eigenvalue weighted by Crippen LogP contribution is -2.32. The molecule has 0 saturated heterocycles. The number of fused-ring (bicyclic) bond motifs is 1. The molecule has 1 aromatic carbocycles. The van der Waals surface area contributed by atoms with Gasteiger partial charge in [0.1, 0.15) is 5.82 Å². The van der Waals surface area contributed by atoms with Crippen molar-refractivity contribution in [3.05, 3.63) is 28.5 Å². The predicted molar refractivity (Wildman–Crippen MR) is 83.4 cm³/mol. The normalized spacial score (nSPS) is 26.5. The number of rotatable bonds is 1. The van der Waals surface area contributed by atoms with Gasteiger partial charge in [-0.2, -0.15) is 0 Å². The maximum absolute atomic E-state index is 13.8. The minimum atomic E-state index is -0.247. The van der Waals surface area contributed by atoms with E-state index in [1.54, 1.807) is 17.8 Å². The largest absolute Gasteiger partial charge is 0.332 e. The predicted octanol–water partition coefficient (Wildman–Crippen LogP) is 4.66. The van der Waals surface area contributed by atoms with E-state index in [-0.39, 0.29) is 5.82 Å². The van der Waals surface area contributed by atoms with E-state index in [9.17, 15) is 4.39 Å². The van der Waals surface area contributed by atoms with Crippen molar-refractivity contribution < 1.29 is 4.39 Å².